The van der Waals surface area contributed by atoms with Crippen LogP contribution in [0.2, 0.25) is 0 Å². The normalized spacial score (nSPS) is 10.2. The molecule has 3 aromatic rings. The summed E-state index contributed by atoms with van der Waals surface area (Å²) in [6.07, 6.45) is 5.01. The number of nitrogens with zero attached hydrogens (tertiary/aromatic N) is 1. The highest BCUT2D eigenvalue weighted by Gasteiger charge is 2.09. The summed E-state index contributed by atoms with van der Waals surface area (Å²) in [6.45, 7) is 2.20. The summed E-state index contributed by atoms with van der Waals surface area (Å²) in [4.78, 5) is 28.0. The largest absolute Gasteiger partial charge is 0.348 e. The summed E-state index contributed by atoms with van der Waals surface area (Å²) < 4.78 is 0. The summed E-state index contributed by atoms with van der Waals surface area (Å²) in [6, 6.07) is 16.5. The molecule has 0 atom stereocenters. The van der Waals surface area contributed by atoms with Gasteiger partial charge in [0.2, 0.25) is 5.91 Å². The zero-order valence-corrected chi connectivity index (χ0v) is 16.1. The van der Waals surface area contributed by atoms with E-state index < -0.39 is 0 Å². The van der Waals surface area contributed by atoms with Crippen molar-refractivity contribution in [3.05, 3.63) is 83.7 Å². The van der Waals surface area contributed by atoms with Crippen molar-refractivity contribution in [2.45, 2.75) is 19.9 Å². The second-order valence-corrected chi connectivity index (χ2v) is 6.47. The highest BCUT2D eigenvalue weighted by atomic mass is 16.2. The fourth-order valence-electron chi connectivity index (χ4n) is 2.82. The van der Waals surface area contributed by atoms with Gasteiger partial charge in [0.1, 0.15) is 0 Å². The van der Waals surface area contributed by atoms with Gasteiger partial charge in [0.25, 0.3) is 5.91 Å². The smallest absolute Gasteiger partial charge is 0.251 e. The molecule has 6 nitrogen and oxygen atoms in total. The van der Waals surface area contributed by atoms with Crippen molar-refractivity contribution in [3.63, 3.8) is 0 Å². The van der Waals surface area contributed by atoms with Gasteiger partial charge in [0.05, 0.1) is 0 Å². The molecule has 1 heterocycles. The molecule has 0 unspecified atom stereocenters. The minimum Gasteiger partial charge on any atom is -0.348 e. The first-order valence-electron chi connectivity index (χ1n) is 9.32. The van der Waals surface area contributed by atoms with E-state index in [1.165, 1.54) is 6.21 Å². The van der Waals surface area contributed by atoms with Crippen LogP contribution in [0.15, 0.2) is 67.0 Å². The van der Waals surface area contributed by atoms with E-state index in [1.807, 2.05) is 36.4 Å². The lowest BCUT2D eigenvalue weighted by atomic mass is 10.0. The zero-order chi connectivity index (χ0) is 20.6. The van der Waals surface area contributed by atoms with Crippen LogP contribution in [0.5, 0.6) is 0 Å². The molecule has 0 fully saturated rings. The molecule has 0 aliphatic carbocycles. The number of hydrogen-bond acceptors (Lipinski definition) is 4. The molecule has 2 aromatic carbocycles. The lowest BCUT2D eigenvalue weighted by Crippen LogP contribution is -2.22. The second kappa shape index (κ2) is 9.41. The van der Waals surface area contributed by atoms with Crippen LogP contribution in [0, 0.1) is 5.41 Å². The van der Waals surface area contributed by atoms with E-state index >= 15 is 0 Å². The maximum Gasteiger partial charge on any atom is 0.251 e. The first kappa shape index (κ1) is 19.9. The summed E-state index contributed by atoms with van der Waals surface area (Å²) in [5.74, 6) is -0.249. The Bertz CT molecular complexity index is 1010. The molecule has 0 saturated carbocycles. The lowest BCUT2D eigenvalue weighted by molar-refractivity contribution is -0.115. The SMILES string of the molecule is CCC(=O)Nc1ccc(-c2ccc(C(=O)NCc3cccnc3)cc2)cc1C=N. The van der Waals surface area contributed by atoms with Crippen molar-refractivity contribution in [2.75, 3.05) is 5.32 Å². The number of pyridine rings is 1. The van der Waals surface area contributed by atoms with Gasteiger partial charge in [-0.3, -0.25) is 14.6 Å². The number of amides is 2. The van der Waals surface area contributed by atoms with Crippen LogP contribution in [-0.4, -0.2) is 23.0 Å². The fraction of sp³-hybridized carbons (Fsp3) is 0.130. The Morgan fingerprint density at radius 1 is 1.07 bits per heavy atom. The minimum atomic E-state index is -0.154. The number of benzene rings is 2. The van der Waals surface area contributed by atoms with Gasteiger partial charge in [0, 0.05) is 48.4 Å². The number of rotatable bonds is 7. The average molecular weight is 386 g/mol. The first-order chi connectivity index (χ1) is 14.1. The third kappa shape index (κ3) is 5.13. The summed E-state index contributed by atoms with van der Waals surface area (Å²) in [5, 5.41) is 13.3. The highest BCUT2D eigenvalue weighted by Crippen LogP contribution is 2.25. The Morgan fingerprint density at radius 2 is 1.83 bits per heavy atom. The van der Waals surface area contributed by atoms with E-state index in [1.54, 1.807) is 37.5 Å². The quantitative estimate of drug-likeness (QED) is 0.535. The van der Waals surface area contributed by atoms with Crippen molar-refractivity contribution < 1.29 is 9.59 Å². The van der Waals surface area contributed by atoms with Gasteiger partial charge >= 0.3 is 0 Å². The average Bonchev–Trinajstić information content (AvgIpc) is 2.78. The van der Waals surface area contributed by atoms with E-state index in [-0.39, 0.29) is 11.8 Å². The monoisotopic (exact) mass is 386 g/mol. The molecule has 3 rings (SSSR count). The van der Waals surface area contributed by atoms with Crippen molar-refractivity contribution in [2.24, 2.45) is 0 Å². The Kier molecular flexibility index (Phi) is 6.47. The molecular formula is C23H22N4O2. The van der Waals surface area contributed by atoms with E-state index in [0.717, 1.165) is 16.7 Å². The molecule has 0 aliphatic rings. The maximum atomic E-state index is 12.3. The molecule has 29 heavy (non-hydrogen) atoms. The Hall–Kier alpha value is -3.80. The van der Waals surface area contributed by atoms with Gasteiger partial charge in [-0.25, -0.2) is 0 Å². The van der Waals surface area contributed by atoms with Crippen LogP contribution in [-0.2, 0) is 11.3 Å². The zero-order valence-electron chi connectivity index (χ0n) is 16.1. The third-order valence-electron chi connectivity index (χ3n) is 4.46. The number of carbonyl (C=O) groups excluding carboxylic acids is 2. The number of hydrogen-bond donors (Lipinski definition) is 3. The van der Waals surface area contributed by atoms with Gasteiger partial charge in [0.15, 0.2) is 0 Å². The maximum absolute atomic E-state index is 12.3. The first-order valence-corrected chi connectivity index (χ1v) is 9.32. The molecule has 2 amide bonds. The van der Waals surface area contributed by atoms with Crippen LogP contribution < -0.4 is 10.6 Å². The van der Waals surface area contributed by atoms with Gasteiger partial charge in [-0.05, 0) is 47.0 Å². The van der Waals surface area contributed by atoms with Gasteiger partial charge in [-0.15, -0.1) is 0 Å². The number of anilines is 1. The minimum absolute atomic E-state index is 0.0949. The van der Waals surface area contributed by atoms with Gasteiger partial charge < -0.3 is 16.0 Å². The van der Waals surface area contributed by atoms with Crippen molar-refractivity contribution in [3.8, 4) is 11.1 Å². The molecular weight excluding hydrogens is 364 g/mol. The molecule has 3 N–H and O–H groups in total. The number of nitrogens with one attached hydrogen (secondary N) is 3. The predicted molar refractivity (Wildman–Crippen MR) is 114 cm³/mol. The predicted octanol–water partition coefficient (Wildman–Crippen LogP) is 4.02. The summed E-state index contributed by atoms with van der Waals surface area (Å²) in [7, 11) is 0. The van der Waals surface area contributed by atoms with Crippen molar-refractivity contribution in [1.29, 1.82) is 5.41 Å². The topological polar surface area (TPSA) is 94.9 Å². The third-order valence-corrected chi connectivity index (χ3v) is 4.46. The van der Waals surface area contributed by atoms with Crippen LogP contribution in [0.3, 0.4) is 0 Å². The fourth-order valence-corrected chi connectivity index (χ4v) is 2.82. The van der Waals surface area contributed by atoms with Crippen LogP contribution in [0.4, 0.5) is 5.69 Å². The van der Waals surface area contributed by atoms with E-state index in [2.05, 4.69) is 15.6 Å². The van der Waals surface area contributed by atoms with Crippen molar-refractivity contribution >= 4 is 23.7 Å². The molecule has 1 aromatic heterocycles. The Balaban J connectivity index is 1.71. The van der Waals surface area contributed by atoms with Crippen molar-refractivity contribution in [1.82, 2.24) is 10.3 Å². The molecule has 0 aliphatic heterocycles. The molecule has 146 valence electrons. The van der Waals surface area contributed by atoms with E-state index in [9.17, 15) is 9.59 Å². The van der Waals surface area contributed by atoms with Crippen LogP contribution in [0.1, 0.15) is 34.8 Å². The Labute approximate surface area is 169 Å². The molecule has 6 heteroatoms. The molecule has 0 spiro atoms. The van der Waals surface area contributed by atoms with E-state index in [0.29, 0.717) is 29.8 Å². The highest BCUT2D eigenvalue weighted by molar-refractivity contribution is 5.98. The molecule has 0 bridgehead atoms. The number of carbonyl (C=O) groups is 2. The number of aromatic nitrogens is 1. The standard InChI is InChI=1S/C23H22N4O2/c1-2-22(28)27-21-10-9-19(12-20(21)13-24)17-5-7-18(8-6-17)23(29)26-15-16-4-3-11-25-14-16/h3-14,24H,2,15H2,1H3,(H,26,29)(H,27,28). The van der Waals surface area contributed by atoms with Gasteiger partial charge in [-0.2, -0.15) is 0 Å². The molecule has 0 saturated heterocycles. The lowest BCUT2D eigenvalue weighted by Gasteiger charge is -2.10. The van der Waals surface area contributed by atoms with E-state index in [4.69, 9.17) is 5.41 Å². The molecule has 0 radical (unpaired) electrons. The van der Waals surface area contributed by atoms with Crippen LogP contribution >= 0.6 is 0 Å². The van der Waals surface area contributed by atoms with Gasteiger partial charge in [-0.1, -0.05) is 31.2 Å². The Morgan fingerprint density at radius 3 is 2.48 bits per heavy atom. The van der Waals surface area contributed by atoms with Crippen LogP contribution in [0.25, 0.3) is 11.1 Å². The summed E-state index contributed by atoms with van der Waals surface area (Å²) in [5.41, 5.74) is 4.57. The summed E-state index contributed by atoms with van der Waals surface area (Å²) >= 11 is 0. The second-order valence-electron chi connectivity index (χ2n) is 6.47.